The molecule has 1 fully saturated rings. The minimum atomic E-state index is -2.21. The molecule has 1 aromatic carbocycles. The first-order chi connectivity index (χ1) is 20.5. The molecule has 0 saturated carbocycles. The predicted molar refractivity (Wildman–Crippen MR) is 173 cm³/mol. The maximum Gasteiger partial charge on any atom is 0.298 e. The first-order valence-electron chi connectivity index (χ1n) is 15.7. The Morgan fingerprint density at radius 2 is 1.76 bits per heavy atom. The van der Waals surface area contributed by atoms with Gasteiger partial charge in [0.05, 0.1) is 23.4 Å². The van der Waals surface area contributed by atoms with Crippen molar-refractivity contribution in [2.45, 2.75) is 85.6 Å². The third kappa shape index (κ3) is 7.93. The van der Waals surface area contributed by atoms with Crippen LogP contribution in [0.1, 0.15) is 71.8 Å². The number of anilines is 1. The Hall–Kier alpha value is -2.90. The summed E-state index contributed by atoms with van der Waals surface area (Å²) in [6.07, 6.45) is 13.3. The molecule has 0 amide bonds. The second-order valence-corrected chi connectivity index (χ2v) is 24.4. The Kier molecular flexibility index (Phi) is 12.3. The van der Waals surface area contributed by atoms with E-state index in [1.807, 2.05) is 6.20 Å². The largest absolute Gasteiger partial charge is 0.444 e. The molecule has 1 aliphatic heterocycles. The Morgan fingerprint density at radius 3 is 2.33 bits per heavy atom. The maximum atomic E-state index is 9.24. The van der Waals surface area contributed by atoms with Crippen LogP contribution in [-0.2, 0) is 0 Å². The third-order valence-electron chi connectivity index (χ3n) is 8.25. The van der Waals surface area contributed by atoms with E-state index in [9.17, 15) is 5.26 Å². The molecule has 4 aromatic rings. The maximum absolute atomic E-state index is 9.24. The monoisotopic (exact) mass is 678 g/mol. The van der Waals surface area contributed by atoms with Gasteiger partial charge >= 0.3 is 124 Å². The van der Waals surface area contributed by atoms with Crippen LogP contribution >= 0.6 is 0 Å². The molecule has 3 aromatic heterocycles. The molecule has 42 heavy (non-hydrogen) atoms. The third-order valence-corrected chi connectivity index (χ3v) is 23.4. The fourth-order valence-corrected chi connectivity index (χ4v) is 21.3. The van der Waals surface area contributed by atoms with Gasteiger partial charge in [0.15, 0.2) is 5.58 Å². The number of pyridine rings is 1. The van der Waals surface area contributed by atoms with Gasteiger partial charge in [-0.25, -0.2) is 4.98 Å². The van der Waals surface area contributed by atoms with E-state index in [-0.39, 0.29) is 6.04 Å². The zero-order chi connectivity index (χ0) is 29.8. The standard InChI is InChI=1S/C16H15N5O2.C5H4N.3C4H9.Sn/c1-10-9-18-2-4-21(10)16-20-13-7-11(8-17)6-12(14(13)23-16)15-19-3-5-22-15;1-2-4-6-5-3-1;3*1-3-4-2;/h3,5-7,10,18H,2,4,9H2,1H3;1-4H;3*1,3-4H2,2H3;/t10-;;;;;/m0...../s1. The van der Waals surface area contributed by atoms with Crippen LogP contribution in [0.3, 0.4) is 0 Å². The molecule has 1 aliphatic rings. The van der Waals surface area contributed by atoms with Gasteiger partial charge in [0.25, 0.3) is 6.01 Å². The van der Waals surface area contributed by atoms with E-state index in [1.165, 1.54) is 58.1 Å². The van der Waals surface area contributed by atoms with Gasteiger partial charge in [0.1, 0.15) is 11.8 Å². The number of hydrogen-bond acceptors (Lipinski definition) is 8. The second kappa shape index (κ2) is 16.1. The van der Waals surface area contributed by atoms with E-state index in [0.29, 0.717) is 34.1 Å². The summed E-state index contributed by atoms with van der Waals surface area (Å²) in [6.45, 7) is 11.7. The van der Waals surface area contributed by atoms with E-state index in [4.69, 9.17) is 13.8 Å². The number of nitrogens with one attached hydrogen (secondary N) is 1. The van der Waals surface area contributed by atoms with Crippen molar-refractivity contribution in [1.82, 2.24) is 20.3 Å². The van der Waals surface area contributed by atoms with Crippen molar-refractivity contribution < 1.29 is 8.83 Å². The van der Waals surface area contributed by atoms with Gasteiger partial charge in [-0.05, 0) is 19.1 Å². The number of piperazine rings is 1. The topological polar surface area (TPSA) is 104 Å². The van der Waals surface area contributed by atoms with E-state index in [2.05, 4.69) is 72.1 Å². The summed E-state index contributed by atoms with van der Waals surface area (Å²) < 4.78 is 17.5. The Balaban J connectivity index is 0.000000198. The number of hydrogen-bond donors (Lipinski definition) is 1. The summed E-state index contributed by atoms with van der Waals surface area (Å²) in [5.74, 6) is 0.420. The van der Waals surface area contributed by atoms with Crippen molar-refractivity contribution >= 4 is 39.2 Å². The number of nitrogens with zero attached hydrogens (tertiary/aromatic N) is 5. The number of benzene rings is 1. The molecule has 0 radical (unpaired) electrons. The summed E-state index contributed by atoms with van der Waals surface area (Å²) in [7, 11) is 0. The molecule has 9 heteroatoms. The van der Waals surface area contributed by atoms with E-state index < -0.39 is 18.4 Å². The minimum Gasteiger partial charge on any atom is -0.444 e. The van der Waals surface area contributed by atoms with Crippen molar-refractivity contribution in [2.24, 2.45) is 0 Å². The summed E-state index contributed by atoms with van der Waals surface area (Å²) in [5.41, 5.74) is 2.37. The van der Waals surface area contributed by atoms with Crippen LogP contribution in [0, 0.1) is 11.3 Å². The van der Waals surface area contributed by atoms with Crippen molar-refractivity contribution in [1.29, 1.82) is 5.26 Å². The molecule has 4 heterocycles. The van der Waals surface area contributed by atoms with Crippen LogP contribution in [0.2, 0.25) is 13.3 Å². The fraction of sp³-hybridized carbons (Fsp3) is 0.515. The van der Waals surface area contributed by atoms with Crippen molar-refractivity contribution in [3.8, 4) is 17.5 Å². The number of rotatable bonds is 12. The van der Waals surface area contributed by atoms with Gasteiger partial charge in [-0.2, -0.15) is 10.2 Å². The van der Waals surface area contributed by atoms with Crippen molar-refractivity contribution in [3.05, 3.63) is 54.6 Å². The quantitative estimate of drug-likeness (QED) is 0.156. The zero-order valence-electron chi connectivity index (χ0n) is 25.7. The molecule has 1 atom stereocenters. The zero-order valence-corrected chi connectivity index (χ0v) is 28.6. The molecule has 1 N–H and O–H groups in total. The Morgan fingerprint density at radius 1 is 1.02 bits per heavy atom. The number of oxazole rings is 2. The molecule has 224 valence electrons. The SMILES string of the molecule is CCC[CH2][Sn]([CH2]CCC)([CH2]CCC)[c]1ccccn1.C[C@H]1CNCCN1c1nc2cc(C#N)cc(-c3ncco3)c2o1. The number of aromatic nitrogens is 3. The van der Waals surface area contributed by atoms with Gasteiger partial charge < -0.3 is 19.1 Å². The van der Waals surface area contributed by atoms with Gasteiger partial charge in [-0.3, -0.25) is 0 Å². The molecule has 5 rings (SSSR count). The molecular weight excluding hydrogens is 631 g/mol. The van der Waals surface area contributed by atoms with Crippen LogP contribution in [0.15, 0.2) is 57.8 Å². The Bertz CT molecular complexity index is 1380. The molecule has 0 bridgehead atoms. The van der Waals surface area contributed by atoms with Crippen LogP contribution in [0.4, 0.5) is 6.01 Å². The molecule has 0 spiro atoms. The minimum absolute atomic E-state index is 0.289. The molecular formula is C33H46N6O2Sn. The van der Waals surface area contributed by atoms with E-state index in [1.54, 1.807) is 22.0 Å². The summed E-state index contributed by atoms with van der Waals surface area (Å²) in [4.78, 5) is 15.7. The predicted octanol–water partition coefficient (Wildman–Crippen LogP) is 7.29. The molecule has 1 saturated heterocycles. The molecule has 0 unspecified atom stereocenters. The van der Waals surface area contributed by atoms with Crippen molar-refractivity contribution in [2.75, 3.05) is 24.5 Å². The number of fused-ring (bicyclic) bond motifs is 1. The normalized spacial score (nSPS) is 15.3. The van der Waals surface area contributed by atoms with Gasteiger partial charge in [-0.1, -0.05) is 0 Å². The second-order valence-electron chi connectivity index (χ2n) is 11.4. The van der Waals surface area contributed by atoms with Gasteiger partial charge in [0.2, 0.25) is 5.89 Å². The first-order valence-corrected chi connectivity index (χ1v) is 23.2. The van der Waals surface area contributed by atoms with Crippen LogP contribution in [0.5, 0.6) is 0 Å². The smallest absolute Gasteiger partial charge is 0.298 e. The summed E-state index contributed by atoms with van der Waals surface area (Å²) >= 11 is -2.21. The van der Waals surface area contributed by atoms with Gasteiger partial charge in [0, 0.05) is 25.7 Å². The average Bonchev–Trinajstić information content (AvgIpc) is 3.72. The summed E-state index contributed by atoms with van der Waals surface area (Å²) in [5, 5.41) is 12.6. The van der Waals surface area contributed by atoms with E-state index >= 15 is 0 Å². The fourth-order valence-electron chi connectivity index (χ4n) is 5.83. The van der Waals surface area contributed by atoms with Crippen LogP contribution in [0.25, 0.3) is 22.6 Å². The molecule has 0 aliphatic carbocycles. The van der Waals surface area contributed by atoms with Crippen LogP contribution in [-0.4, -0.2) is 59.0 Å². The average molecular weight is 677 g/mol. The Labute approximate surface area is 254 Å². The summed E-state index contributed by atoms with van der Waals surface area (Å²) in [6, 6.07) is 13.1. The van der Waals surface area contributed by atoms with E-state index in [0.717, 1.165) is 19.6 Å². The number of nitriles is 1. The van der Waals surface area contributed by atoms with Crippen LogP contribution < -0.4 is 13.9 Å². The van der Waals surface area contributed by atoms with Gasteiger partial charge in [-0.15, -0.1) is 0 Å². The molecule has 8 nitrogen and oxygen atoms in total. The first kappa shape index (κ1) is 32.0. The number of unbranched alkanes of at least 4 members (excludes halogenated alkanes) is 3. The van der Waals surface area contributed by atoms with Crippen molar-refractivity contribution in [3.63, 3.8) is 0 Å².